The average Bonchev–Trinajstić information content (AvgIpc) is 1.65. The summed E-state index contributed by atoms with van der Waals surface area (Å²) < 4.78 is 0. The molecule has 8 atom stereocenters. The fourth-order valence-electron chi connectivity index (χ4n) is 12.7. The SMILES string of the molecule is CCCCCC(=O)N[C@H]1CSCc2cc(CSCCCC(=O)CN3CCN(CC(=O)O)CCN(CC(=O)O)CCN(CC(=O)O)CC3)cc(c2)CSC[C@@H](C(=O)O)NC(=O)[C@H](Cc2ccccc2)NC(=O)[C@H](CCC(N)=O)NC(=O)[C@H]([C@@H](C)O)NC(=O)[C@@H]2CCCN2C(=O)[C@@H]2CCCN2C1. The van der Waals surface area contributed by atoms with E-state index in [1.807, 2.05) is 17.0 Å². The zero-order chi connectivity index (χ0) is 72.7. The van der Waals surface area contributed by atoms with Crippen LogP contribution in [0.5, 0.6) is 0 Å². The number of hydrogen-bond donors (Lipinski definition) is 11. The fraction of sp³-hybridized carbons (Fsp3) is 0.647. The number of nitrogens with two attached hydrogens (primary N) is 1. The number of hydrogen-bond acceptors (Lipinski definition) is 21. The van der Waals surface area contributed by atoms with Crippen molar-refractivity contribution in [2.45, 2.75) is 163 Å². The number of carbonyl (C=O) groups excluding carboxylic acids is 8. The van der Waals surface area contributed by atoms with Crippen LogP contribution in [0.4, 0.5) is 0 Å². The fourth-order valence-corrected chi connectivity index (χ4v) is 15.6. The van der Waals surface area contributed by atoms with Crippen LogP contribution in [0.3, 0.4) is 0 Å². The molecule has 12 N–H and O–H groups in total. The van der Waals surface area contributed by atoms with Crippen molar-refractivity contribution in [2.24, 2.45) is 5.73 Å². The molecule has 2 bridgehead atoms. The van der Waals surface area contributed by atoms with E-state index in [1.54, 1.807) is 68.6 Å². The maximum absolute atomic E-state index is 14.7. The zero-order valence-electron chi connectivity index (χ0n) is 57.4. The summed E-state index contributed by atoms with van der Waals surface area (Å²) in [6, 6.07) is 6.59. The highest BCUT2D eigenvalue weighted by atomic mass is 32.2. The van der Waals surface area contributed by atoms with Gasteiger partial charge in [0.15, 0.2) is 0 Å². The van der Waals surface area contributed by atoms with Gasteiger partial charge in [-0.05, 0) is 86.4 Å². The minimum atomic E-state index is -1.65. The zero-order valence-corrected chi connectivity index (χ0v) is 59.8. The third-order valence-corrected chi connectivity index (χ3v) is 21.3. The number of carbonyl (C=O) groups is 12. The molecule has 2 aromatic rings. The molecule has 32 heteroatoms. The highest BCUT2D eigenvalue weighted by molar-refractivity contribution is 7.99. The number of aliphatic hydroxyl groups excluding tert-OH is 1. The minimum absolute atomic E-state index is 0.0454. The number of aliphatic hydroxyl groups is 1. The van der Waals surface area contributed by atoms with E-state index in [0.29, 0.717) is 99.0 Å². The number of fused-ring (bicyclic) bond motifs is 4. The second-order valence-electron chi connectivity index (χ2n) is 26.2. The molecule has 2 aromatic carbocycles. The Balaban J connectivity index is 1.24. The van der Waals surface area contributed by atoms with Crippen molar-refractivity contribution in [2.75, 3.05) is 115 Å². The number of primary amides is 1. The monoisotopic (exact) mass is 1450 g/mol. The molecule has 4 aliphatic heterocycles. The van der Waals surface area contributed by atoms with Crippen molar-refractivity contribution in [3.63, 3.8) is 0 Å². The summed E-state index contributed by atoms with van der Waals surface area (Å²) in [6.07, 6.45) is 3.07. The lowest BCUT2D eigenvalue weighted by atomic mass is 10.0. The van der Waals surface area contributed by atoms with E-state index in [4.69, 9.17) is 5.73 Å². The predicted molar refractivity (Wildman–Crippen MR) is 379 cm³/mol. The number of nitrogens with one attached hydrogen (secondary N) is 5. The molecule has 0 spiro atoms. The Morgan fingerprint density at radius 1 is 0.620 bits per heavy atom. The third-order valence-electron chi connectivity index (χ3n) is 17.9. The van der Waals surface area contributed by atoms with E-state index in [9.17, 15) is 83.1 Å². The molecule has 29 nitrogen and oxygen atoms in total. The molecule has 6 rings (SSSR count). The summed E-state index contributed by atoms with van der Waals surface area (Å²) in [4.78, 5) is 170. The van der Waals surface area contributed by atoms with Crippen molar-refractivity contribution >= 4 is 106 Å². The standard InChI is InChI=1S/C68H102N12O17S3/c1-3-4-6-17-58(84)70-50-35-79-20-9-16-56(79)67(95)80-21-10-15-55(80)65(93)74-62(45(2)81)66(94)71-52(18-19-57(69)83)63(91)72-53(34-46-12-7-5-8-13-46)64(92)73-54(68(96)97)44-100-42-49-32-47(31-48(33-49)41-99-43-50)40-98-30-11-14-51(82)36-75-22-24-76(37-59(85)86)26-28-78(39-61(89)90)29-27-77(25-23-75)38-60(87)88/h5,7-8,12-13,31-33,45,50,52-56,62,81H,3-4,6,9-11,14-30,34-44H2,1-2H3,(H2,69,83)(H,70,84)(H,71,94)(H,72,91)(H,73,92)(H,74,93)(H,85,86)(H,87,88)(H,89,90)(H,96,97)/t45-,50-,52+,53+,54+,55+,56+,62+/m1/s1. The van der Waals surface area contributed by atoms with Gasteiger partial charge in [-0.1, -0.05) is 68.3 Å². The number of unbranched alkanes of at least 4 members (excludes halogenated alkanes) is 2. The molecule has 554 valence electrons. The number of nitrogens with zero attached hydrogens (tertiary/aromatic N) is 6. The van der Waals surface area contributed by atoms with Crippen molar-refractivity contribution in [1.29, 1.82) is 0 Å². The van der Waals surface area contributed by atoms with Gasteiger partial charge in [-0.15, -0.1) is 0 Å². The second-order valence-corrected chi connectivity index (χ2v) is 29.3. The van der Waals surface area contributed by atoms with Gasteiger partial charge in [-0.3, -0.25) is 77.2 Å². The summed E-state index contributed by atoms with van der Waals surface area (Å²) in [5, 5.41) is 64.1. The van der Waals surface area contributed by atoms with Gasteiger partial charge in [0.05, 0.1) is 44.4 Å². The maximum atomic E-state index is 14.7. The van der Waals surface area contributed by atoms with Crippen LogP contribution < -0.4 is 32.3 Å². The van der Waals surface area contributed by atoms with Crippen LogP contribution in [0.25, 0.3) is 0 Å². The first kappa shape index (κ1) is 82.0. The Morgan fingerprint density at radius 2 is 1.18 bits per heavy atom. The molecule has 0 radical (unpaired) electrons. The van der Waals surface area contributed by atoms with E-state index in [2.05, 4.69) is 44.5 Å². The van der Waals surface area contributed by atoms with Crippen LogP contribution in [-0.2, 0) is 81.2 Å². The van der Waals surface area contributed by atoms with E-state index in [1.165, 1.54) is 23.6 Å². The largest absolute Gasteiger partial charge is 0.480 e. The predicted octanol–water partition coefficient (Wildman–Crippen LogP) is 0.658. The first-order valence-corrected chi connectivity index (χ1v) is 38.0. The van der Waals surface area contributed by atoms with Gasteiger partial charge in [-0.2, -0.15) is 35.3 Å². The van der Waals surface area contributed by atoms with Gasteiger partial charge in [0, 0.05) is 120 Å². The third kappa shape index (κ3) is 29.2. The number of thioether (sulfide) groups is 3. The van der Waals surface area contributed by atoms with Crippen LogP contribution in [0.2, 0.25) is 0 Å². The molecule has 4 aliphatic rings. The number of benzene rings is 2. The summed E-state index contributed by atoms with van der Waals surface area (Å²) in [5.41, 5.74) is 8.86. The normalized spacial score (nSPS) is 23.7. The number of Topliss-reactive ketones (excluding diaryl/α,β-unsaturated/α-hetero) is 1. The molecule has 100 heavy (non-hydrogen) atoms. The smallest absolute Gasteiger partial charge is 0.327 e. The average molecular weight is 1460 g/mol. The molecular formula is C68H102N12O17S3. The van der Waals surface area contributed by atoms with Crippen LogP contribution in [-0.4, -0.2) is 290 Å². The van der Waals surface area contributed by atoms with E-state index >= 15 is 0 Å². The number of amides is 7. The highest BCUT2D eigenvalue weighted by Crippen LogP contribution is 2.28. The Morgan fingerprint density at radius 3 is 1.75 bits per heavy atom. The molecule has 0 aromatic heterocycles. The summed E-state index contributed by atoms with van der Waals surface area (Å²) in [7, 11) is 0. The van der Waals surface area contributed by atoms with Gasteiger partial charge in [0.1, 0.15) is 36.0 Å². The lowest BCUT2D eigenvalue weighted by molar-refractivity contribution is -0.143. The molecule has 3 fully saturated rings. The second kappa shape index (κ2) is 43.1. The molecule has 0 saturated carbocycles. The van der Waals surface area contributed by atoms with Crippen molar-refractivity contribution in [3.8, 4) is 0 Å². The molecular weight excluding hydrogens is 1350 g/mol. The summed E-state index contributed by atoms with van der Waals surface area (Å²) in [5.74, 6) is -7.00. The van der Waals surface area contributed by atoms with Gasteiger partial charge >= 0.3 is 23.9 Å². The topological polar surface area (TPSA) is 412 Å². The lowest BCUT2D eigenvalue weighted by Gasteiger charge is -2.33. The first-order valence-electron chi connectivity index (χ1n) is 34.5. The first-order chi connectivity index (χ1) is 47.8. The van der Waals surface area contributed by atoms with Crippen molar-refractivity contribution in [3.05, 3.63) is 70.8 Å². The lowest BCUT2D eigenvalue weighted by Crippen LogP contribution is -2.61. The molecule has 4 heterocycles. The highest BCUT2D eigenvalue weighted by Gasteiger charge is 2.43. The maximum Gasteiger partial charge on any atom is 0.327 e. The van der Waals surface area contributed by atoms with Crippen molar-refractivity contribution < 1.29 is 83.1 Å². The van der Waals surface area contributed by atoms with Crippen molar-refractivity contribution in [1.82, 2.24) is 56.0 Å². The molecule has 3 saturated heterocycles. The Kier molecular flexibility index (Phi) is 35.4. The van der Waals surface area contributed by atoms with Crippen LogP contribution in [0.1, 0.15) is 113 Å². The molecule has 7 amide bonds. The summed E-state index contributed by atoms with van der Waals surface area (Å²) >= 11 is 4.48. The number of carboxylic acid groups (broad SMARTS) is 4. The quantitative estimate of drug-likeness (QED) is 0.0576. The van der Waals surface area contributed by atoms with Crippen LogP contribution in [0, 0.1) is 0 Å². The summed E-state index contributed by atoms with van der Waals surface area (Å²) in [6.45, 7) is 5.85. The molecule has 0 aliphatic carbocycles. The van der Waals surface area contributed by atoms with E-state index < -0.39 is 108 Å². The number of carboxylic acids is 4. The molecule has 0 unspecified atom stereocenters. The van der Waals surface area contributed by atoms with Gasteiger partial charge in [0.25, 0.3) is 0 Å². The van der Waals surface area contributed by atoms with E-state index in [0.717, 1.165) is 29.5 Å². The van der Waals surface area contributed by atoms with Gasteiger partial charge in [0.2, 0.25) is 41.4 Å². The Hall–Kier alpha value is -6.91. The number of aliphatic carboxylic acids is 4. The number of ketones is 1. The van der Waals surface area contributed by atoms with Crippen LogP contribution in [0.15, 0.2) is 48.5 Å². The van der Waals surface area contributed by atoms with E-state index in [-0.39, 0.29) is 121 Å². The Labute approximate surface area is 597 Å². The number of rotatable bonds is 26. The van der Waals surface area contributed by atoms with Crippen LogP contribution >= 0.6 is 35.3 Å². The van der Waals surface area contributed by atoms with Gasteiger partial charge < -0.3 is 62.8 Å². The Bertz CT molecular complexity index is 3050. The minimum Gasteiger partial charge on any atom is -0.480 e. The van der Waals surface area contributed by atoms with Gasteiger partial charge in [-0.25, -0.2) is 4.79 Å².